The zero-order chi connectivity index (χ0) is 14.8. The Morgan fingerprint density at radius 2 is 2.00 bits per heavy atom. The van der Waals surface area contributed by atoms with Gasteiger partial charge in [-0.3, -0.25) is 4.79 Å². The van der Waals surface area contributed by atoms with Crippen molar-refractivity contribution in [3.63, 3.8) is 0 Å². The van der Waals surface area contributed by atoms with E-state index in [1.165, 1.54) is 0 Å². The van der Waals surface area contributed by atoms with Crippen LogP contribution >= 0.6 is 11.6 Å². The van der Waals surface area contributed by atoms with Crippen molar-refractivity contribution in [2.24, 2.45) is 0 Å². The fourth-order valence-electron chi connectivity index (χ4n) is 3.19. The van der Waals surface area contributed by atoms with E-state index in [2.05, 4.69) is 0 Å². The molecule has 1 aromatic carbocycles. The van der Waals surface area contributed by atoms with Crippen LogP contribution in [0.3, 0.4) is 0 Å². The van der Waals surface area contributed by atoms with Gasteiger partial charge in [0.1, 0.15) is 5.75 Å². The molecule has 0 aromatic heterocycles. The third kappa shape index (κ3) is 2.51. The Labute approximate surface area is 124 Å². The second kappa shape index (κ2) is 6.04. The van der Waals surface area contributed by atoms with Gasteiger partial charge < -0.3 is 9.84 Å². The van der Waals surface area contributed by atoms with Crippen molar-refractivity contribution in [3.05, 3.63) is 28.3 Å². The number of carboxylic acid groups (broad SMARTS) is 1. The van der Waals surface area contributed by atoms with E-state index in [-0.39, 0.29) is 0 Å². The first-order valence-electron chi connectivity index (χ1n) is 7.15. The van der Waals surface area contributed by atoms with Crippen LogP contribution in [0.2, 0.25) is 5.02 Å². The zero-order valence-corrected chi connectivity index (χ0v) is 12.8. The van der Waals surface area contributed by atoms with Crippen molar-refractivity contribution in [2.45, 2.75) is 50.9 Å². The van der Waals surface area contributed by atoms with Crippen LogP contribution in [-0.2, 0) is 16.6 Å². The van der Waals surface area contributed by atoms with Crippen molar-refractivity contribution in [1.82, 2.24) is 0 Å². The number of ether oxygens (including phenoxy) is 1. The predicted molar refractivity (Wildman–Crippen MR) is 79.8 cm³/mol. The molecule has 0 aliphatic heterocycles. The maximum absolute atomic E-state index is 11.9. The van der Waals surface area contributed by atoms with Crippen molar-refractivity contribution in [2.75, 3.05) is 7.11 Å². The summed E-state index contributed by atoms with van der Waals surface area (Å²) in [5.41, 5.74) is 0.916. The highest BCUT2D eigenvalue weighted by Crippen LogP contribution is 2.43. The standard InChI is InChI=1S/C16H21ClO3/c1-3-12-13(17)9-11(10-14(12)20-2)16(15(18)19)7-5-4-6-8-16/h9-10H,3-8H2,1-2H3,(H,18,19). The number of aliphatic carboxylic acids is 1. The second-order valence-electron chi connectivity index (χ2n) is 5.44. The van der Waals surface area contributed by atoms with Crippen LogP contribution in [-0.4, -0.2) is 18.2 Å². The van der Waals surface area contributed by atoms with E-state index >= 15 is 0 Å². The Balaban J connectivity index is 2.54. The van der Waals surface area contributed by atoms with Crippen LogP contribution in [0.25, 0.3) is 0 Å². The van der Waals surface area contributed by atoms with E-state index in [0.717, 1.165) is 36.8 Å². The molecule has 4 heteroatoms. The van der Waals surface area contributed by atoms with Gasteiger partial charge in [-0.05, 0) is 37.0 Å². The van der Waals surface area contributed by atoms with Crippen LogP contribution in [0, 0.1) is 0 Å². The van der Waals surface area contributed by atoms with Gasteiger partial charge in [0, 0.05) is 10.6 Å². The quantitative estimate of drug-likeness (QED) is 0.906. The molecule has 0 bridgehead atoms. The molecule has 110 valence electrons. The van der Waals surface area contributed by atoms with Crippen molar-refractivity contribution >= 4 is 17.6 Å². The minimum atomic E-state index is -0.804. The molecule has 20 heavy (non-hydrogen) atoms. The Bertz CT molecular complexity index is 505. The summed E-state index contributed by atoms with van der Waals surface area (Å²) >= 11 is 6.33. The SMILES string of the molecule is CCc1c(Cl)cc(C2(C(=O)O)CCCCC2)cc1OC. The molecule has 0 spiro atoms. The molecule has 0 unspecified atom stereocenters. The molecule has 1 saturated carbocycles. The first kappa shape index (κ1) is 15.2. The molecule has 3 nitrogen and oxygen atoms in total. The summed E-state index contributed by atoms with van der Waals surface area (Å²) < 4.78 is 5.40. The Morgan fingerprint density at radius 1 is 1.35 bits per heavy atom. The Morgan fingerprint density at radius 3 is 2.50 bits per heavy atom. The lowest BCUT2D eigenvalue weighted by Gasteiger charge is -2.34. The van der Waals surface area contributed by atoms with Gasteiger partial charge in [-0.2, -0.15) is 0 Å². The van der Waals surface area contributed by atoms with E-state index in [0.29, 0.717) is 23.6 Å². The van der Waals surface area contributed by atoms with Crippen molar-refractivity contribution in [1.29, 1.82) is 0 Å². The highest BCUT2D eigenvalue weighted by atomic mass is 35.5. The van der Waals surface area contributed by atoms with Gasteiger partial charge in [0.2, 0.25) is 0 Å². The summed E-state index contributed by atoms with van der Waals surface area (Å²) in [6, 6.07) is 3.69. The van der Waals surface area contributed by atoms with Gasteiger partial charge in [-0.1, -0.05) is 37.8 Å². The first-order valence-corrected chi connectivity index (χ1v) is 7.53. The van der Waals surface area contributed by atoms with Crippen LogP contribution in [0.5, 0.6) is 5.75 Å². The van der Waals surface area contributed by atoms with Gasteiger partial charge in [0.25, 0.3) is 0 Å². The van der Waals surface area contributed by atoms with E-state index in [4.69, 9.17) is 16.3 Å². The summed E-state index contributed by atoms with van der Waals surface area (Å²) in [7, 11) is 1.60. The molecule has 1 fully saturated rings. The molecule has 1 aromatic rings. The number of hydrogen-bond donors (Lipinski definition) is 1. The molecular weight excluding hydrogens is 276 g/mol. The molecular formula is C16H21ClO3. The topological polar surface area (TPSA) is 46.5 Å². The summed E-state index contributed by atoms with van der Waals surface area (Å²) in [6.45, 7) is 2.01. The summed E-state index contributed by atoms with van der Waals surface area (Å²) in [5, 5.41) is 10.3. The van der Waals surface area contributed by atoms with Crippen molar-refractivity contribution in [3.8, 4) is 5.75 Å². The average molecular weight is 297 g/mol. The summed E-state index contributed by atoms with van der Waals surface area (Å²) in [6.07, 6.45) is 5.11. The molecule has 0 atom stereocenters. The fraction of sp³-hybridized carbons (Fsp3) is 0.562. The number of halogens is 1. The highest BCUT2D eigenvalue weighted by Gasteiger charge is 2.41. The van der Waals surface area contributed by atoms with Gasteiger partial charge in [0.15, 0.2) is 0 Å². The van der Waals surface area contributed by atoms with Gasteiger partial charge >= 0.3 is 5.97 Å². The van der Waals surface area contributed by atoms with Crippen LogP contribution in [0.4, 0.5) is 0 Å². The van der Waals surface area contributed by atoms with Crippen LogP contribution in [0.15, 0.2) is 12.1 Å². The minimum Gasteiger partial charge on any atom is -0.496 e. The average Bonchev–Trinajstić information content (AvgIpc) is 2.46. The highest BCUT2D eigenvalue weighted by molar-refractivity contribution is 6.31. The molecule has 0 saturated heterocycles. The number of hydrogen-bond acceptors (Lipinski definition) is 2. The molecule has 1 N–H and O–H groups in total. The second-order valence-corrected chi connectivity index (χ2v) is 5.85. The number of methoxy groups -OCH3 is 1. The smallest absolute Gasteiger partial charge is 0.314 e. The maximum atomic E-state index is 11.9. The number of carbonyl (C=O) groups is 1. The largest absolute Gasteiger partial charge is 0.496 e. The lowest BCUT2D eigenvalue weighted by Crippen LogP contribution is -2.37. The summed E-state index contributed by atoms with van der Waals surface area (Å²) in [5.74, 6) is -0.0548. The molecule has 1 aliphatic carbocycles. The lowest BCUT2D eigenvalue weighted by molar-refractivity contribution is -0.145. The van der Waals surface area contributed by atoms with E-state index < -0.39 is 11.4 Å². The van der Waals surface area contributed by atoms with Gasteiger partial charge in [-0.25, -0.2) is 0 Å². The Kier molecular flexibility index (Phi) is 4.59. The molecule has 0 amide bonds. The zero-order valence-electron chi connectivity index (χ0n) is 12.0. The van der Waals surface area contributed by atoms with Gasteiger partial charge in [-0.15, -0.1) is 0 Å². The lowest BCUT2D eigenvalue weighted by atomic mass is 9.69. The van der Waals surface area contributed by atoms with E-state index in [9.17, 15) is 9.90 Å². The third-order valence-electron chi connectivity index (χ3n) is 4.40. The maximum Gasteiger partial charge on any atom is 0.314 e. The van der Waals surface area contributed by atoms with E-state index in [1.807, 2.05) is 19.1 Å². The normalized spacial score (nSPS) is 17.8. The third-order valence-corrected chi connectivity index (χ3v) is 4.73. The molecule has 0 radical (unpaired) electrons. The minimum absolute atomic E-state index is 0.605. The number of carboxylic acids is 1. The fourth-order valence-corrected chi connectivity index (χ4v) is 3.54. The Hall–Kier alpha value is -1.22. The summed E-state index contributed by atoms with van der Waals surface area (Å²) in [4.78, 5) is 11.9. The monoisotopic (exact) mass is 296 g/mol. The molecule has 2 rings (SSSR count). The molecule has 0 heterocycles. The predicted octanol–water partition coefficient (Wildman–Crippen LogP) is 4.20. The first-order chi connectivity index (χ1) is 9.55. The molecule has 1 aliphatic rings. The van der Waals surface area contributed by atoms with Crippen LogP contribution < -0.4 is 4.74 Å². The van der Waals surface area contributed by atoms with Gasteiger partial charge in [0.05, 0.1) is 12.5 Å². The van der Waals surface area contributed by atoms with Crippen molar-refractivity contribution < 1.29 is 14.6 Å². The van der Waals surface area contributed by atoms with E-state index in [1.54, 1.807) is 7.11 Å². The van der Waals surface area contributed by atoms with Crippen LogP contribution in [0.1, 0.15) is 50.2 Å². The number of rotatable bonds is 4. The number of benzene rings is 1.